The molecule has 2 aromatic rings. The molecule has 0 fully saturated rings. The van der Waals surface area contributed by atoms with Crippen LogP contribution in [-0.4, -0.2) is 15.0 Å². The van der Waals surface area contributed by atoms with Gasteiger partial charge in [0.05, 0.1) is 5.01 Å². The van der Waals surface area contributed by atoms with E-state index in [0.29, 0.717) is 0 Å². The normalized spacial score (nSPS) is 13.0. The van der Waals surface area contributed by atoms with Crippen LogP contribution < -0.4 is 0 Å². The summed E-state index contributed by atoms with van der Waals surface area (Å²) in [5.41, 5.74) is 2.28. The second-order valence-corrected chi connectivity index (χ2v) is 7.54. The fourth-order valence-electron chi connectivity index (χ4n) is 1.56. The molecule has 98 valence electrons. The minimum absolute atomic E-state index is 0.0914. The molecule has 0 unspecified atom stereocenters. The summed E-state index contributed by atoms with van der Waals surface area (Å²) in [5, 5.41) is 3.22. The molecule has 0 amide bonds. The first-order valence-corrected chi connectivity index (χ1v) is 7.08. The quantitative estimate of drug-likeness (QED) is 0.840. The van der Waals surface area contributed by atoms with Crippen LogP contribution in [0, 0.1) is 0 Å². The Kier molecular flexibility index (Phi) is 3.09. The number of nitrogens with one attached hydrogen (secondary N) is 1. The van der Waals surface area contributed by atoms with E-state index in [-0.39, 0.29) is 10.8 Å². The molecule has 3 nitrogen and oxygen atoms in total. The second-order valence-electron chi connectivity index (χ2n) is 6.68. The smallest absolute Gasteiger partial charge is 0.157 e. The van der Waals surface area contributed by atoms with Crippen molar-refractivity contribution in [3.8, 4) is 11.5 Å². The van der Waals surface area contributed by atoms with E-state index in [0.717, 1.165) is 22.2 Å². The Morgan fingerprint density at radius 3 is 2.17 bits per heavy atom. The van der Waals surface area contributed by atoms with E-state index in [2.05, 4.69) is 61.9 Å². The Hall–Kier alpha value is -1.16. The van der Waals surface area contributed by atoms with Crippen LogP contribution in [0.5, 0.6) is 0 Å². The highest BCUT2D eigenvalue weighted by atomic mass is 32.1. The third-order valence-corrected chi connectivity index (χ3v) is 4.04. The molecule has 0 aromatic carbocycles. The van der Waals surface area contributed by atoms with Gasteiger partial charge < -0.3 is 4.98 Å². The summed E-state index contributed by atoms with van der Waals surface area (Å²) in [4.78, 5) is 12.5. The molecule has 4 heteroatoms. The van der Waals surface area contributed by atoms with Crippen LogP contribution in [0.25, 0.3) is 11.5 Å². The average Bonchev–Trinajstić information content (AvgIpc) is 2.84. The summed E-state index contributed by atoms with van der Waals surface area (Å²) in [6.45, 7) is 13.1. The number of nitrogens with zero attached hydrogens (tertiary/aromatic N) is 2. The predicted molar refractivity (Wildman–Crippen MR) is 77.1 cm³/mol. The third-order valence-electron chi connectivity index (χ3n) is 2.77. The standard InChI is InChI=1S/C14H21N3S/c1-13(2,3)10-7-15-11(17-10)9-8-18-12(16-9)14(4,5)6/h7-8H,1-6H3,(H,15,17). The highest BCUT2D eigenvalue weighted by molar-refractivity contribution is 7.10. The van der Waals surface area contributed by atoms with Gasteiger partial charge in [-0.2, -0.15) is 0 Å². The number of hydrogen-bond donors (Lipinski definition) is 1. The first kappa shape index (κ1) is 13.3. The van der Waals surface area contributed by atoms with E-state index in [4.69, 9.17) is 0 Å². The highest BCUT2D eigenvalue weighted by Gasteiger charge is 2.21. The molecule has 0 atom stereocenters. The Morgan fingerprint density at radius 1 is 1.06 bits per heavy atom. The summed E-state index contributed by atoms with van der Waals surface area (Å²) >= 11 is 1.70. The highest BCUT2D eigenvalue weighted by Crippen LogP contribution is 2.29. The summed E-state index contributed by atoms with van der Waals surface area (Å²) in [6, 6.07) is 0. The van der Waals surface area contributed by atoms with Crippen molar-refractivity contribution in [2.24, 2.45) is 0 Å². The summed E-state index contributed by atoms with van der Waals surface area (Å²) in [6.07, 6.45) is 1.91. The lowest BCUT2D eigenvalue weighted by atomic mass is 9.93. The number of hydrogen-bond acceptors (Lipinski definition) is 3. The van der Waals surface area contributed by atoms with Crippen molar-refractivity contribution in [1.29, 1.82) is 0 Å². The number of aromatic nitrogens is 3. The number of imidazole rings is 1. The minimum atomic E-state index is 0.0914. The Labute approximate surface area is 113 Å². The molecule has 0 radical (unpaired) electrons. The third kappa shape index (κ3) is 2.64. The van der Waals surface area contributed by atoms with Crippen molar-refractivity contribution >= 4 is 11.3 Å². The Balaban J connectivity index is 2.33. The maximum absolute atomic E-state index is 4.67. The fraction of sp³-hybridized carbons (Fsp3) is 0.571. The van der Waals surface area contributed by atoms with E-state index in [1.807, 2.05) is 6.20 Å². The molecule has 0 aliphatic rings. The first-order valence-electron chi connectivity index (χ1n) is 6.20. The van der Waals surface area contributed by atoms with Crippen LogP contribution in [0.3, 0.4) is 0 Å². The van der Waals surface area contributed by atoms with Crippen molar-refractivity contribution in [1.82, 2.24) is 15.0 Å². The zero-order chi connectivity index (χ0) is 13.6. The molecular weight excluding hydrogens is 242 g/mol. The molecular formula is C14H21N3S. The molecule has 0 aliphatic heterocycles. The van der Waals surface area contributed by atoms with Gasteiger partial charge in [0.2, 0.25) is 0 Å². The van der Waals surface area contributed by atoms with Crippen molar-refractivity contribution < 1.29 is 0 Å². The van der Waals surface area contributed by atoms with Gasteiger partial charge in [-0.1, -0.05) is 41.5 Å². The molecule has 18 heavy (non-hydrogen) atoms. The Morgan fingerprint density at radius 2 is 1.72 bits per heavy atom. The zero-order valence-electron chi connectivity index (χ0n) is 12.0. The summed E-state index contributed by atoms with van der Waals surface area (Å²) < 4.78 is 0. The first-order chi connectivity index (χ1) is 8.18. The van der Waals surface area contributed by atoms with E-state index in [1.54, 1.807) is 11.3 Å². The van der Waals surface area contributed by atoms with Crippen LogP contribution in [-0.2, 0) is 10.8 Å². The topological polar surface area (TPSA) is 41.6 Å². The monoisotopic (exact) mass is 263 g/mol. The molecule has 2 rings (SSSR count). The largest absolute Gasteiger partial charge is 0.340 e. The molecule has 0 bridgehead atoms. The number of rotatable bonds is 1. The number of thiazole rings is 1. The van der Waals surface area contributed by atoms with Crippen LogP contribution >= 0.6 is 11.3 Å². The van der Waals surface area contributed by atoms with E-state index in [9.17, 15) is 0 Å². The predicted octanol–water partition coefficient (Wildman–Crippen LogP) is 4.13. The molecule has 2 heterocycles. The molecule has 0 saturated heterocycles. The maximum atomic E-state index is 4.67. The van der Waals surface area contributed by atoms with Crippen molar-refractivity contribution in [3.63, 3.8) is 0 Å². The van der Waals surface area contributed by atoms with Crippen LogP contribution in [0.15, 0.2) is 11.6 Å². The van der Waals surface area contributed by atoms with Crippen molar-refractivity contribution in [2.75, 3.05) is 0 Å². The van der Waals surface area contributed by atoms with Crippen LogP contribution in [0.1, 0.15) is 52.2 Å². The molecule has 2 aromatic heterocycles. The van der Waals surface area contributed by atoms with Gasteiger partial charge in [0.25, 0.3) is 0 Å². The van der Waals surface area contributed by atoms with Gasteiger partial charge in [0, 0.05) is 28.1 Å². The van der Waals surface area contributed by atoms with Crippen molar-refractivity contribution in [2.45, 2.75) is 52.4 Å². The van der Waals surface area contributed by atoms with Crippen molar-refractivity contribution in [3.05, 3.63) is 22.3 Å². The zero-order valence-corrected chi connectivity index (χ0v) is 12.8. The lowest BCUT2D eigenvalue weighted by molar-refractivity contribution is 0.572. The lowest BCUT2D eigenvalue weighted by Crippen LogP contribution is -2.11. The molecule has 0 aliphatic carbocycles. The lowest BCUT2D eigenvalue weighted by Gasteiger charge is -2.15. The average molecular weight is 263 g/mol. The Bertz CT molecular complexity index is 488. The van der Waals surface area contributed by atoms with Gasteiger partial charge in [-0.05, 0) is 0 Å². The SMILES string of the molecule is CC(C)(C)c1cnc(-c2csc(C(C)(C)C)n2)[nH]1. The van der Waals surface area contributed by atoms with Gasteiger partial charge in [-0.15, -0.1) is 11.3 Å². The fourth-order valence-corrected chi connectivity index (χ4v) is 2.45. The van der Waals surface area contributed by atoms with Crippen LogP contribution in [0.4, 0.5) is 0 Å². The molecule has 0 saturated carbocycles. The summed E-state index contributed by atoms with van der Waals surface area (Å²) in [7, 11) is 0. The van der Waals surface area contributed by atoms with Crippen LogP contribution in [0.2, 0.25) is 0 Å². The minimum Gasteiger partial charge on any atom is -0.340 e. The van der Waals surface area contributed by atoms with Gasteiger partial charge in [-0.25, -0.2) is 9.97 Å². The van der Waals surface area contributed by atoms with E-state index in [1.165, 1.54) is 0 Å². The molecule has 1 N–H and O–H groups in total. The van der Waals surface area contributed by atoms with Gasteiger partial charge in [0.15, 0.2) is 5.82 Å². The van der Waals surface area contributed by atoms with E-state index >= 15 is 0 Å². The van der Waals surface area contributed by atoms with Gasteiger partial charge in [0.1, 0.15) is 5.69 Å². The summed E-state index contributed by atoms with van der Waals surface area (Å²) in [5.74, 6) is 0.867. The number of aromatic amines is 1. The van der Waals surface area contributed by atoms with Gasteiger partial charge >= 0.3 is 0 Å². The number of H-pyrrole nitrogens is 1. The van der Waals surface area contributed by atoms with E-state index < -0.39 is 0 Å². The molecule has 0 spiro atoms. The maximum Gasteiger partial charge on any atom is 0.157 e. The van der Waals surface area contributed by atoms with Gasteiger partial charge in [-0.3, -0.25) is 0 Å². The second kappa shape index (κ2) is 4.19.